The lowest BCUT2D eigenvalue weighted by atomic mass is 10.2. The van der Waals surface area contributed by atoms with Gasteiger partial charge in [-0.05, 0) is 54.2 Å². The van der Waals surface area contributed by atoms with Gasteiger partial charge in [-0.25, -0.2) is 5.10 Å². The van der Waals surface area contributed by atoms with Crippen molar-refractivity contribution in [3.8, 4) is 11.4 Å². The number of nitrogens with zero attached hydrogens (tertiary/aromatic N) is 3. The fraction of sp³-hybridized carbons (Fsp3) is 0. The molecule has 110 valence electrons. The van der Waals surface area contributed by atoms with Gasteiger partial charge < -0.3 is 0 Å². The maximum atomic E-state index is 5.96. The molecule has 0 saturated heterocycles. The molecule has 2 aromatic carbocycles. The summed E-state index contributed by atoms with van der Waals surface area (Å²) in [5.74, 6) is 0.611. The number of nitrogens with one attached hydrogen (secondary N) is 1. The largest absolute Gasteiger partial charge is 0.250 e. The molecule has 1 N–H and O–H groups in total. The van der Waals surface area contributed by atoms with Crippen LogP contribution in [0.4, 0.5) is 0 Å². The summed E-state index contributed by atoms with van der Waals surface area (Å²) < 4.78 is 1.96. The van der Waals surface area contributed by atoms with Crippen molar-refractivity contribution < 1.29 is 0 Å². The number of benzene rings is 2. The van der Waals surface area contributed by atoms with E-state index in [1.807, 2.05) is 36.4 Å². The second kappa shape index (κ2) is 6.44. The third-order valence-corrected chi connectivity index (χ3v) is 3.68. The van der Waals surface area contributed by atoms with Crippen molar-refractivity contribution in [2.45, 2.75) is 0 Å². The Hall–Kier alpha value is -1.95. The summed E-state index contributed by atoms with van der Waals surface area (Å²) in [6, 6.07) is 14.7. The van der Waals surface area contributed by atoms with Gasteiger partial charge in [0, 0.05) is 15.6 Å². The van der Waals surface area contributed by atoms with Crippen LogP contribution in [0.25, 0.3) is 11.4 Å². The van der Waals surface area contributed by atoms with Crippen molar-refractivity contribution >= 4 is 41.6 Å². The lowest BCUT2D eigenvalue weighted by Gasteiger charge is -2.01. The molecule has 1 heterocycles. The second-order valence-electron chi connectivity index (χ2n) is 4.47. The number of H-pyrrole nitrogens is 1. The molecular formula is C15H10Cl2N4S. The molecule has 0 aliphatic rings. The van der Waals surface area contributed by atoms with E-state index in [-0.39, 0.29) is 0 Å². The molecule has 1 aromatic heterocycles. The molecule has 0 unspecified atom stereocenters. The normalized spacial score (nSPS) is 11.2. The van der Waals surface area contributed by atoms with Crippen molar-refractivity contribution in [3.05, 3.63) is 68.9 Å². The minimum Gasteiger partial charge on any atom is -0.250 e. The maximum absolute atomic E-state index is 5.96. The second-order valence-corrected chi connectivity index (χ2v) is 5.73. The molecule has 7 heteroatoms. The van der Waals surface area contributed by atoms with Gasteiger partial charge >= 0.3 is 0 Å². The molecular weight excluding hydrogens is 339 g/mol. The maximum Gasteiger partial charge on any atom is 0.216 e. The van der Waals surface area contributed by atoms with Gasteiger partial charge in [0.1, 0.15) is 0 Å². The molecule has 22 heavy (non-hydrogen) atoms. The van der Waals surface area contributed by atoms with Gasteiger partial charge in [0.25, 0.3) is 0 Å². The van der Waals surface area contributed by atoms with Crippen molar-refractivity contribution in [3.63, 3.8) is 0 Å². The van der Waals surface area contributed by atoms with E-state index in [9.17, 15) is 0 Å². The fourth-order valence-corrected chi connectivity index (χ4v) is 2.40. The molecule has 0 saturated carbocycles. The third-order valence-electron chi connectivity index (χ3n) is 2.92. The van der Waals surface area contributed by atoms with Gasteiger partial charge in [-0.1, -0.05) is 35.3 Å². The molecule has 0 aliphatic carbocycles. The third kappa shape index (κ3) is 3.27. The van der Waals surface area contributed by atoms with Crippen molar-refractivity contribution in [1.29, 1.82) is 0 Å². The number of rotatable bonds is 3. The highest BCUT2D eigenvalue weighted by molar-refractivity contribution is 7.71. The molecule has 0 bridgehead atoms. The van der Waals surface area contributed by atoms with Gasteiger partial charge in [-0.15, -0.1) is 0 Å². The molecule has 0 aliphatic heterocycles. The van der Waals surface area contributed by atoms with E-state index in [4.69, 9.17) is 35.4 Å². The first-order chi connectivity index (χ1) is 10.6. The van der Waals surface area contributed by atoms with Gasteiger partial charge in [0.2, 0.25) is 4.77 Å². The molecule has 0 radical (unpaired) electrons. The van der Waals surface area contributed by atoms with Crippen LogP contribution in [-0.2, 0) is 0 Å². The van der Waals surface area contributed by atoms with Crippen LogP contribution >= 0.6 is 35.4 Å². The van der Waals surface area contributed by atoms with Gasteiger partial charge in [0.15, 0.2) is 5.82 Å². The van der Waals surface area contributed by atoms with E-state index in [2.05, 4.69) is 15.3 Å². The monoisotopic (exact) mass is 348 g/mol. The quantitative estimate of drug-likeness (QED) is 0.545. The van der Waals surface area contributed by atoms with Crippen LogP contribution in [-0.4, -0.2) is 21.1 Å². The molecule has 0 fully saturated rings. The summed E-state index contributed by atoms with van der Waals surface area (Å²) in [4.78, 5) is 0. The molecule has 0 spiro atoms. The van der Waals surface area contributed by atoms with Crippen LogP contribution in [0.2, 0.25) is 10.0 Å². The van der Waals surface area contributed by atoms with Crippen LogP contribution in [0.3, 0.4) is 0 Å². The SMILES string of the molecule is S=c1[nH]nc(-c2ccc(Cl)cc2)n1/N=C\c1cccc(Cl)c1. The smallest absolute Gasteiger partial charge is 0.216 e. The highest BCUT2D eigenvalue weighted by Gasteiger charge is 2.07. The summed E-state index contributed by atoms with van der Waals surface area (Å²) in [7, 11) is 0. The zero-order valence-electron chi connectivity index (χ0n) is 11.2. The Morgan fingerprint density at radius 3 is 2.59 bits per heavy atom. The van der Waals surface area contributed by atoms with Crippen LogP contribution in [0.1, 0.15) is 5.56 Å². The van der Waals surface area contributed by atoms with E-state index in [0.29, 0.717) is 20.6 Å². The van der Waals surface area contributed by atoms with E-state index < -0.39 is 0 Å². The summed E-state index contributed by atoms with van der Waals surface area (Å²) in [5, 5.41) is 12.6. The van der Waals surface area contributed by atoms with Gasteiger partial charge in [-0.2, -0.15) is 14.9 Å². The van der Waals surface area contributed by atoms with Crippen molar-refractivity contribution in [2.75, 3.05) is 0 Å². The Balaban J connectivity index is 1.99. The van der Waals surface area contributed by atoms with E-state index in [1.165, 1.54) is 0 Å². The minimum atomic E-state index is 0.406. The first-order valence-electron chi connectivity index (χ1n) is 6.37. The van der Waals surface area contributed by atoms with Crippen molar-refractivity contribution in [2.24, 2.45) is 5.10 Å². The van der Waals surface area contributed by atoms with Gasteiger partial charge in [-0.3, -0.25) is 0 Å². The van der Waals surface area contributed by atoms with Gasteiger partial charge in [0.05, 0.1) is 6.21 Å². The Morgan fingerprint density at radius 2 is 1.86 bits per heavy atom. The molecule has 3 rings (SSSR count). The van der Waals surface area contributed by atoms with E-state index in [0.717, 1.165) is 11.1 Å². The average molecular weight is 349 g/mol. The first-order valence-corrected chi connectivity index (χ1v) is 7.53. The average Bonchev–Trinajstić information content (AvgIpc) is 2.87. The predicted octanol–water partition coefficient (Wildman–Crippen LogP) is 4.80. The summed E-state index contributed by atoms with van der Waals surface area (Å²) in [5.41, 5.74) is 1.73. The molecule has 0 atom stereocenters. The zero-order chi connectivity index (χ0) is 15.5. The molecule has 3 aromatic rings. The lowest BCUT2D eigenvalue weighted by molar-refractivity contribution is 0.871. The van der Waals surface area contributed by atoms with Crippen LogP contribution in [0.5, 0.6) is 0 Å². The minimum absolute atomic E-state index is 0.406. The lowest BCUT2D eigenvalue weighted by Crippen LogP contribution is -1.95. The molecule has 4 nitrogen and oxygen atoms in total. The summed E-state index contributed by atoms with van der Waals surface area (Å²) in [6.07, 6.45) is 1.68. The number of aromatic nitrogens is 3. The van der Waals surface area contributed by atoms with E-state index >= 15 is 0 Å². The van der Waals surface area contributed by atoms with Crippen molar-refractivity contribution in [1.82, 2.24) is 14.9 Å². The van der Waals surface area contributed by atoms with Crippen LogP contribution in [0.15, 0.2) is 53.6 Å². The number of aromatic amines is 1. The first kappa shape index (κ1) is 15.0. The highest BCUT2D eigenvalue weighted by Crippen LogP contribution is 2.20. The summed E-state index contributed by atoms with van der Waals surface area (Å²) >= 11 is 17.1. The zero-order valence-corrected chi connectivity index (χ0v) is 13.5. The molecule has 0 amide bonds. The van der Waals surface area contributed by atoms with Crippen LogP contribution < -0.4 is 0 Å². The Morgan fingerprint density at radius 1 is 1.09 bits per heavy atom. The number of halogens is 2. The number of hydrogen-bond donors (Lipinski definition) is 1. The summed E-state index contributed by atoms with van der Waals surface area (Å²) in [6.45, 7) is 0. The predicted molar refractivity (Wildman–Crippen MR) is 92.3 cm³/mol. The van der Waals surface area contributed by atoms with E-state index in [1.54, 1.807) is 23.0 Å². The fourth-order valence-electron chi connectivity index (χ4n) is 1.90. The Kier molecular flexibility index (Phi) is 4.38. The number of hydrogen-bond acceptors (Lipinski definition) is 3. The Bertz CT molecular complexity index is 881. The van der Waals surface area contributed by atoms with Crippen LogP contribution in [0, 0.1) is 4.77 Å². The standard InChI is InChI=1S/C15H10Cl2N4S/c16-12-6-4-11(5-7-12)14-19-20-15(22)21(14)18-9-10-2-1-3-13(17)8-10/h1-9H,(H,20,22)/b18-9-. The Labute approximate surface area is 142 Å². The highest BCUT2D eigenvalue weighted by atomic mass is 35.5. The topological polar surface area (TPSA) is 46.0 Å².